The summed E-state index contributed by atoms with van der Waals surface area (Å²) in [4.78, 5) is 0. The third-order valence-corrected chi connectivity index (χ3v) is 2.28. The van der Waals surface area contributed by atoms with Crippen molar-refractivity contribution in [2.75, 3.05) is 0 Å². The average Bonchev–Trinajstić information content (AvgIpc) is 2.17. The molecule has 0 aliphatic carbocycles. The fourth-order valence-electron chi connectivity index (χ4n) is 1.49. The fraction of sp³-hybridized carbons (Fsp3) is 0.500. The molecule has 1 nitrogen and oxygen atoms in total. The highest BCUT2D eigenvalue weighted by Gasteiger charge is 2.16. The Morgan fingerprint density at radius 3 is 2.07 bits per heavy atom. The molecule has 0 fully saturated rings. The molecule has 0 amide bonds. The number of halogens is 2. The van der Waals surface area contributed by atoms with E-state index in [1.165, 1.54) is 0 Å². The van der Waals surface area contributed by atoms with Crippen LogP contribution in [0.15, 0.2) is 24.3 Å². The largest absolute Gasteiger partial charge is 0.319 e. The third kappa shape index (κ3) is 3.59. The zero-order chi connectivity index (χ0) is 11.4. The summed E-state index contributed by atoms with van der Waals surface area (Å²) >= 11 is 0. The van der Waals surface area contributed by atoms with Crippen LogP contribution in [0.4, 0.5) is 8.78 Å². The minimum absolute atomic E-state index is 0.498. The quantitative estimate of drug-likeness (QED) is 0.816. The molecule has 0 aliphatic rings. The van der Waals surface area contributed by atoms with Gasteiger partial charge in [-0.2, -0.15) is 0 Å². The van der Waals surface area contributed by atoms with Gasteiger partial charge in [-0.05, 0) is 23.5 Å². The maximum Gasteiger partial charge on any atom is 0.257 e. The van der Waals surface area contributed by atoms with E-state index in [4.69, 9.17) is 5.73 Å². The van der Waals surface area contributed by atoms with Gasteiger partial charge >= 0.3 is 0 Å². The van der Waals surface area contributed by atoms with E-state index in [-0.39, 0.29) is 0 Å². The number of hydrogen-bond acceptors (Lipinski definition) is 1. The Balaban J connectivity index is 2.72. The van der Waals surface area contributed by atoms with Gasteiger partial charge in [0.15, 0.2) is 0 Å². The lowest BCUT2D eigenvalue weighted by molar-refractivity contribution is 0.116. The summed E-state index contributed by atoms with van der Waals surface area (Å²) < 4.78 is 24.6. The molecule has 0 aromatic heterocycles. The lowest BCUT2D eigenvalue weighted by atomic mass is 10.00. The van der Waals surface area contributed by atoms with Crippen LogP contribution in [0.2, 0.25) is 0 Å². The Kier molecular flexibility index (Phi) is 4.21. The van der Waals surface area contributed by atoms with Crippen LogP contribution in [-0.4, -0.2) is 6.43 Å². The highest BCUT2D eigenvalue weighted by Crippen LogP contribution is 2.19. The van der Waals surface area contributed by atoms with Gasteiger partial charge in [-0.1, -0.05) is 38.1 Å². The van der Waals surface area contributed by atoms with Gasteiger partial charge in [0.25, 0.3) is 6.43 Å². The van der Waals surface area contributed by atoms with Crippen LogP contribution in [0.25, 0.3) is 0 Å². The van der Waals surface area contributed by atoms with Crippen LogP contribution in [0.1, 0.15) is 31.0 Å². The van der Waals surface area contributed by atoms with E-state index in [2.05, 4.69) is 13.8 Å². The van der Waals surface area contributed by atoms with Crippen LogP contribution in [-0.2, 0) is 6.42 Å². The predicted octanol–water partition coefficient (Wildman–Crippen LogP) is 3.15. The van der Waals surface area contributed by atoms with Gasteiger partial charge < -0.3 is 5.73 Å². The second-order valence-corrected chi connectivity index (χ2v) is 4.20. The van der Waals surface area contributed by atoms with Crippen LogP contribution in [0.5, 0.6) is 0 Å². The summed E-state index contributed by atoms with van der Waals surface area (Å²) in [6.07, 6.45) is -1.54. The molecule has 1 unspecified atom stereocenters. The van der Waals surface area contributed by atoms with Crippen LogP contribution in [0, 0.1) is 5.92 Å². The Morgan fingerprint density at radius 2 is 1.67 bits per heavy atom. The van der Waals surface area contributed by atoms with Crippen molar-refractivity contribution in [2.24, 2.45) is 11.7 Å². The zero-order valence-electron chi connectivity index (χ0n) is 9.08. The average molecular weight is 213 g/mol. The molecule has 3 heteroatoms. The Morgan fingerprint density at radius 1 is 1.13 bits per heavy atom. The highest BCUT2D eigenvalue weighted by molar-refractivity contribution is 5.25. The second-order valence-electron chi connectivity index (χ2n) is 4.20. The molecule has 0 spiro atoms. The monoisotopic (exact) mass is 213 g/mol. The van der Waals surface area contributed by atoms with Crippen molar-refractivity contribution in [3.8, 4) is 0 Å². The molecule has 0 radical (unpaired) electrons. The molecule has 2 N–H and O–H groups in total. The van der Waals surface area contributed by atoms with Crippen molar-refractivity contribution in [1.82, 2.24) is 0 Å². The van der Waals surface area contributed by atoms with E-state index in [9.17, 15) is 8.78 Å². The SMILES string of the molecule is CC(C)Cc1ccc(C(N)C(F)F)cc1. The second kappa shape index (κ2) is 5.21. The molecule has 0 aliphatic heterocycles. The number of rotatable bonds is 4. The summed E-state index contributed by atoms with van der Waals surface area (Å²) in [6, 6.07) is 5.95. The zero-order valence-corrected chi connectivity index (χ0v) is 9.08. The summed E-state index contributed by atoms with van der Waals surface area (Å²) in [5, 5.41) is 0. The van der Waals surface area contributed by atoms with E-state index in [0.29, 0.717) is 11.5 Å². The van der Waals surface area contributed by atoms with E-state index in [0.717, 1.165) is 12.0 Å². The van der Waals surface area contributed by atoms with Crippen LogP contribution >= 0.6 is 0 Å². The van der Waals surface area contributed by atoms with Crippen molar-refractivity contribution in [3.05, 3.63) is 35.4 Å². The van der Waals surface area contributed by atoms with E-state index in [1.807, 2.05) is 12.1 Å². The summed E-state index contributed by atoms with van der Waals surface area (Å²) in [7, 11) is 0. The molecule has 15 heavy (non-hydrogen) atoms. The maximum atomic E-state index is 12.3. The molecule has 0 saturated heterocycles. The van der Waals surface area contributed by atoms with Crippen molar-refractivity contribution < 1.29 is 8.78 Å². The molecular weight excluding hydrogens is 196 g/mol. The molecule has 1 atom stereocenters. The molecule has 1 aromatic carbocycles. The minimum atomic E-state index is -2.50. The first-order chi connectivity index (χ1) is 7.00. The Bertz CT molecular complexity index is 293. The van der Waals surface area contributed by atoms with Gasteiger partial charge in [-0.25, -0.2) is 8.78 Å². The molecule has 0 bridgehead atoms. The lowest BCUT2D eigenvalue weighted by Gasteiger charge is -2.11. The van der Waals surface area contributed by atoms with Gasteiger partial charge in [0.2, 0.25) is 0 Å². The van der Waals surface area contributed by atoms with E-state index < -0.39 is 12.5 Å². The standard InChI is InChI=1S/C12H17F2N/c1-8(2)7-9-3-5-10(6-4-9)11(15)12(13)14/h3-6,8,11-12H,7,15H2,1-2H3. The lowest BCUT2D eigenvalue weighted by Crippen LogP contribution is -2.18. The van der Waals surface area contributed by atoms with Gasteiger partial charge in [-0.3, -0.25) is 0 Å². The third-order valence-electron chi connectivity index (χ3n) is 2.28. The number of benzene rings is 1. The molecule has 1 rings (SSSR count). The first-order valence-corrected chi connectivity index (χ1v) is 5.13. The first-order valence-electron chi connectivity index (χ1n) is 5.13. The summed E-state index contributed by atoms with van der Waals surface area (Å²) in [5.74, 6) is 0.569. The maximum absolute atomic E-state index is 12.3. The van der Waals surface area contributed by atoms with Gasteiger partial charge in [0.1, 0.15) is 0 Å². The fourth-order valence-corrected chi connectivity index (χ4v) is 1.49. The van der Waals surface area contributed by atoms with Gasteiger partial charge in [0, 0.05) is 0 Å². The van der Waals surface area contributed by atoms with Crippen molar-refractivity contribution in [1.29, 1.82) is 0 Å². The van der Waals surface area contributed by atoms with Crippen LogP contribution < -0.4 is 5.73 Å². The molecule has 84 valence electrons. The van der Waals surface area contributed by atoms with Crippen molar-refractivity contribution in [2.45, 2.75) is 32.7 Å². The topological polar surface area (TPSA) is 26.0 Å². The smallest absolute Gasteiger partial charge is 0.257 e. The first kappa shape index (κ1) is 12.1. The van der Waals surface area contributed by atoms with Gasteiger partial charge in [0.05, 0.1) is 6.04 Å². The van der Waals surface area contributed by atoms with E-state index in [1.54, 1.807) is 12.1 Å². The predicted molar refractivity (Wildman–Crippen MR) is 57.9 cm³/mol. The Labute approximate surface area is 89.3 Å². The Hall–Kier alpha value is -0.960. The highest BCUT2D eigenvalue weighted by atomic mass is 19.3. The van der Waals surface area contributed by atoms with Crippen molar-refractivity contribution in [3.63, 3.8) is 0 Å². The summed E-state index contributed by atoms with van der Waals surface area (Å²) in [5.41, 5.74) is 7.00. The minimum Gasteiger partial charge on any atom is -0.319 e. The van der Waals surface area contributed by atoms with Gasteiger partial charge in [-0.15, -0.1) is 0 Å². The normalized spacial score (nSPS) is 13.5. The number of alkyl halides is 2. The van der Waals surface area contributed by atoms with Crippen molar-refractivity contribution >= 4 is 0 Å². The number of hydrogen-bond donors (Lipinski definition) is 1. The van der Waals surface area contributed by atoms with Crippen LogP contribution in [0.3, 0.4) is 0 Å². The molecular formula is C12H17F2N. The van der Waals surface area contributed by atoms with E-state index >= 15 is 0 Å². The molecule has 0 saturated carbocycles. The summed E-state index contributed by atoms with van der Waals surface area (Å²) in [6.45, 7) is 4.25. The molecule has 1 aromatic rings. The molecule has 0 heterocycles. The number of nitrogens with two attached hydrogens (primary N) is 1.